The van der Waals surface area contributed by atoms with Crippen molar-refractivity contribution in [3.05, 3.63) is 29.3 Å². The van der Waals surface area contributed by atoms with E-state index in [2.05, 4.69) is 0 Å². The standard InChI is InChI=1S/C14H22O5/c1-4-17-10-19-13-7-11(9-15)6-12(8-13)14(16-3)18-5-2/h6-8,14-15H,4-5,9-10H2,1-3H3. The van der Waals surface area contributed by atoms with Crippen LogP contribution in [0.15, 0.2) is 18.2 Å². The number of ether oxygens (including phenoxy) is 4. The summed E-state index contributed by atoms with van der Waals surface area (Å²) in [6, 6.07) is 5.42. The maximum atomic E-state index is 9.27. The van der Waals surface area contributed by atoms with Crippen LogP contribution < -0.4 is 4.74 Å². The van der Waals surface area contributed by atoms with Crippen molar-refractivity contribution in [3.63, 3.8) is 0 Å². The molecule has 0 amide bonds. The van der Waals surface area contributed by atoms with E-state index in [-0.39, 0.29) is 13.4 Å². The maximum absolute atomic E-state index is 9.27. The molecule has 0 bridgehead atoms. The largest absolute Gasteiger partial charge is 0.468 e. The van der Waals surface area contributed by atoms with Crippen LogP contribution in [0.4, 0.5) is 0 Å². The summed E-state index contributed by atoms with van der Waals surface area (Å²) in [4.78, 5) is 0. The molecule has 0 saturated carbocycles. The minimum absolute atomic E-state index is 0.0681. The first-order valence-corrected chi connectivity index (χ1v) is 6.34. The van der Waals surface area contributed by atoms with Crippen molar-refractivity contribution in [2.24, 2.45) is 0 Å². The highest BCUT2D eigenvalue weighted by Crippen LogP contribution is 2.25. The van der Waals surface area contributed by atoms with E-state index in [1.165, 1.54) is 0 Å². The van der Waals surface area contributed by atoms with Gasteiger partial charge in [-0.25, -0.2) is 0 Å². The third-order valence-electron chi connectivity index (χ3n) is 2.49. The molecule has 1 atom stereocenters. The van der Waals surface area contributed by atoms with E-state index < -0.39 is 6.29 Å². The van der Waals surface area contributed by atoms with Crippen molar-refractivity contribution >= 4 is 0 Å². The van der Waals surface area contributed by atoms with Gasteiger partial charge < -0.3 is 24.1 Å². The molecular weight excluding hydrogens is 248 g/mol. The Balaban J connectivity index is 2.87. The summed E-state index contributed by atoms with van der Waals surface area (Å²) in [6.45, 7) is 5.03. The Morgan fingerprint density at radius 1 is 1.16 bits per heavy atom. The van der Waals surface area contributed by atoms with E-state index in [4.69, 9.17) is 18.9 Å². The van der Waals surface area contributed by atoms with E-state index in [1.807, 2.05) is 26.0 Å². The molecule has 0 radical (unpaired) electrons. The highest BCUT2D eigenvalue weighted by atomic mass is 16.7. The molecule has 5 nitrogen and oxygen atoms in total. The van der Waals surface area contributed by atoms with Gasteiger partial charge >= 0.3 is 0 Å². The van der Waals surface area contributed by atoms with Gasteiger partial charge in [-0.1, -0.05) is 0 Å². The lowest BCUT2D eigenvalue weighted by atomic mass is 10.1. The Labute approximate surface area is 114 Å². The van der Waals surface area contributed by atoms with Crippen molar-refractivity contribution in [3.8, 4) is 5.75 Å². The molecule has 5 heteroatoms. The molecule has 0 aliphatic rings. The van der Waals surface area contributed by atoms with Gasteiger partial charge in [-0.15, -0.1) is 0 Å². The Kier molecular flexibility index (Phi) is 7.43. The molecule has 1 N–H and O–H groups in total. The van der Waals surface area contributed by atoms with Gasteiger partial charge in [0.15, 0.2) is 13.1 Å². The zero-order valence-corrected chi connectivity index (χ0v) is 11.7. The predicted molar refractivity (Wildman–Crippen MR) is 70.9 cm³/mol. The van der Waals surface area contributed by atoms with Gasteiger partial charge in [0.2, 0.25) is 0 Å². The Bertz CT molecular complexity index is 367. The summed E-state index contributed by atoms with van der Waals surface area (Å²) in [5, 5.41) is 9.27. The highest BCUT2D eigenvalue weighted by molar-refractivity contribution is 5.35. The number of benzene rings is 1. The van der Waals surface area contributed by atoms with Gasteiger partial charge in [0.25, 0.3) is 0 Å². The summed E-state index contributed by atoms with van der Waals surface area (Å²) < 4.78 is 21.3. The smallest absolute Gasteiger partial charge is 0.189 e. The van der Waals surface area contributed by atoms with Crippen LogP contribution in [0.25, 0.3) is 0 Å². The molecule has 1 aromatic rings. The molecule has 108 valence electrons. The lowest BCUT2D eigenvalue weighted by Crippen LogP contribution is -2.08. The van der Waals surface area contributed by atoms with E-state index in [0.717, 1.165) is 11.1 Å². The van der Waals surface area contributed by atoms with Gasteiger partial charge in [-0.05, 0) is 37.6 Å². The number of aliphatic hydroxyl groups is 1. The second-order valence-electron chi connectivity index (χ2n) is 3.85. The second-order valence-corrected chi connectivity index (χ2v) is 3.85. The van der Waals surface area contributed by atoms with Gasteiger partial charge in [0.1, 0.15) is 5.75 Å². The van der Waals surface area contributed by atoms with Crippen LogP contribution >= 0.6 is 0 Å². The van der Waals surface area contributed by atoms with Crippen LogP contribution in [0.2, 0.25) is 0 Å². The van der Waals surface area contributed by atoms with Crippen LogP contribution in [0.1, 0.15) is 31.3 Å². The third-order valence-corrected chi connectivity index (χ3v) is 2.49. The van der Waals surface area contributed by atoms with E-state index in [1.54, 1.807) is 13.2 Å². The van der Waals surface area contributed by atoms with Crippen molar-refractivity contribution in [1.82, 2.24) is 0 Å². The average molecular weight is 270 g/mol. The number of methoxy groups -OCH3 is 1. The highest BCUT2D eigenvalue weighted by Gasteiger charge is 2.12. The Morgan fingerprint density at radius 2 is 1.95 bits per heavy atom. The minimum Gasteiger partial charge on any atom is -0.468 e. The van der Waals surface area contributed by atoms with Crippen LogP contribution in [0.3, 0.4) is 0 Å². The summed E-state index contributed by atoms with van der Waals surface area (Å²) in [6.07, 6.45) is -0.467. The summed E-state index contributed by atoms with van der Waals surface area (Å²) in [5.74, 6) is 0.622. The summed E-state index contributed by atoms with van der Waals surface area (Å²) >= 11 is 0. The molecule has 0 aliphatic carbocycles. The van der Waals surface area contributed by atoms with E-state index >= 15 is 0 Å². The molecule has 0 aromatic heterocycles. The van der Waals surface area contributed by atoms with Crippen LogP contribution in [-0.4, -0.2) is 32.2 Å². The Morgan fingerprint density at radius 3 is 2.53 bits per heavy atom. The van der Waals surface area contributed by atoms with Crippen molar-refractivity contribution in [1.29, 1.82) is 0 Å². The van der Waals surface area contributed by atoms with Crippen LogP contribution in [0, 0.1) is 0 Å². The third kappa shape index (κ3) is 5.16. The zero-order valence-electron chi connectivity index (χ0n) is 11.7. The van der Waals surface area contributed by atoms with Crippen molar-refractivity contribution < 1.29 is 24.1 Å². The fourth-order valence-electron chi connectivity index (χ4n) is 1.64. The lowest BCUT2D eigenvalue weighted by Gasteiger charge is -2.17. The molecule has 1 rings (SSSR count). The van der Waals surface area contributed by atoms with Gasteiger partial charge in [0, 0.05) is 25.9 Å². The summed E-state index contributed by atoms with van der Waals surface area (Å²) in [7, 11) is 1.58. The monoisotopic (exact) mass is 270 g/mol. The molecule has 19 heavy (non-hydrogen) atoms. The van der Waals surface area contributed by atoms with Crippen molar-refractivity contribution in [2.75, 3.05) is 27.1 Å². The normalized spacial score (nSPS) is 12.4. The van der Waals surface area contributed by atoms with Gasteiger partial charge in [-0.2, -0.15) is 0 Å². The number of aliphatic hydroxyl groups excluding tert-OH is 1. The van der Waals surface area contributed by atoms with Crippen LogP contribution in [-0.2, 0) is 20.8 Å². The fourth-order valence-corrected chi connectivity index (χ4v) is 1.64. The molecule has 1 aromatic carbocycles. The van der Waals surface area contributed by atoms with E-state index in [0.29, 0.717) is 19.0 Å². The SMILES string of the molecule is CCOCOc1cc(CO)cc(C(OC)OCC)c1. The molecule has 0 spiro atoms. The number of rotatable bonds is 9. The quantitative estimate of drug-likeness (QED) is 0.551. The first-order valence-electron chi connectivity index (χ1n) is 6.34. The first kappa shape index (κ1) is 15.9. The number of hydrogen-bond acceptors (Lipinski definition) is 5. The molecule has 0 heterocycles. The number of hydrogen-bond donors (Lipinski definition) is 1. The zero-order chi connectivity index (χ0) is 14.1. The molecule has 0 saturated heterocycles. The lowest BCUT2D eigenvalue weighted by molar-refractivity contribution is -0.124. The predicted octanol–water partition coefficient (Wildman–Crippen LogP) is 2.23. The average Bonchev–Trinajstić information content (AvgIpc) is 2.44. The van der Waals surface area contributed by atoms with Gasteiger partial charge in [0.05, 0.1) is 6.61 Å². The topological polar surface area (TPSA) is 57.2 Å². The molecule has 0 aliphatic heterocycles. The van der Waals surface area contributed by atoms with Gasteiger partial charge in [-0.3, -0.25) is 0 Å². The maximum Gasteiger partial charge on any atom is 0.189 e. The minimum atomic E-state index is -0.467. The fraction of sp³-hybridized carbons (Fsp3) is 0.571. The van der Waals surface area contributed by atoms with Crippen LogP contribution in [0.5, 0.6) is 5.75 Å². The second kappa shape index (κ2) is 8.87. The van der Waals surface area contributed by atoms with E-state index in [9.17, 15) is 5.11 Å². The first-order chi connectivity index (χ1) is 9.24. The molecule has 0 fully saturated rings. The molecule has 1 unspecified atom stereocenters. The Hall–Kier alpha value is -1.14. The van der Waals surface area contributed by atoms with Crippen molar-refractivity contribution in [2.45, 2.75) is 26.7 Å². The molecular formula is C14H22O5. The summed E-state index contributed by atoms with van der Waals surface area (Å²) in [5.41, 5.74) is 1.55.